The molecule has 1 aromatic rings. The van der Waals surface area contributed by atoms with Gasteiger partial charge in [-0.25, -0.2) is 4.98 Å². The van der Waals surface area contributed by atoms with Crippen molar-refractivity contribution in [3.8, 4) is 0 Å². The number of piperidine rings is 1. The van der Waals surface area contributed by atoms with Crippen LogP contribution in [0.4, 0.5) is 0 Å². The monoisotopic (exact) mass is 283 g/mol. The molecule has 4 nitrogen and oxygen atoms in total. The first-order chi connectivity index (χ1) is 9.22. The van der Waals surface area contributed by atoms with Crippen molar-refractivity contribution in [2.75, 3.05) is 26.7 Å². The van der Waals surface area contributed by atoms with Crippen LogP contribution >= 0.6 is 11.3 Å². The molecule has 0 amide bonds. The zero-order valence-electron chi connectivity index (χ0n) is 12.0. The summed E-state index contributed by atoms with van der Waals surface area (Å²) in [6, 6.07) is 0. The average molecular weight is 283 g/mol. The summed E-state index contributed by atoms with van der Waals surface area (Å²) in [6.07, 6.45) is 3.71. The Morgan fingerprint density at radius 2 is 2.16 bits per heavy atom. The summed E-state index contributed by atoms with van der Waals surface area (Å²) in [7, 11) is 1.70. The molecule has 0 spiro atoms. The molecule has 2 heterocycles. The molecule has 2 rings (SSSR count). The summed E-state index contributed by atoms with van der Waals surface area (Å²) in [4.78, 5) is 8.38. The van der Waals surface area contributed by atoms with Gasteiger partial charge >= 0.3 is 0 Å². The number of nitrogens with two attached hydrogens (primary N) is 1. The number of likely N-dealkylation sites (tertiary alicyclic amines) is 1. The van der Waals surface area contributed by atoms with E-state index in [9.17, 15) is 0 Å². The lowest BCUT2D eigenvalue weighted by Crippen LogP contribution is -2.34. The smallest absolute Gasteiger partial charge is 0.0945 e. The number of methoxy groups -OCH3 is 1. The Labute approximate surface area is 120 Å². The Balaban J connectivity index is 1.85. The van der Waals surface area contributed by atoms with E-state index in [0.717, 1.165) is 24.6 Å². The topological polar surface area (TPSA) is 51.4 Å². The summed E-state index contributed by atoms with van der Waals surface area (Å²) in [5.74, 6) is 0.897. The fourth-order valence-corrected chi connectivity index (χ4v) is 3.43. The van der Waals surface area contributed by atoms with Gasteiger partial charge in [0, 0.05) is 31.5 Å². The van der Waals surface area contributed by atoms with Gasteiger partial charge in [0.25, 0.3) is 0 Å². The average Bonchev–Trinajstić information content (AvgIpc) is 2.81. The molecule has 0 unspecified atom stereocenters. The van der Waals surface area contributed by atoms with Crippen molar-refractivity contribution in [3.05, 3.63) is 15.6 Å². The van der Waals surface area contributed by atoms with E-state index >= 15 is 0 Å². The van der Waals surface area contributed by atoms with Crippen LogP contribution in [-0.4, -0.2) is 36.6 Å². The summed E-state index contributed by atoms with van der Waals surface area (Å²) in [5, 5.41) is 1.20. The third-order valence-electron chi connectivity index (χ3n) is 3.81. The maximum Gasteiger partial charge on any atom is 0.0945 e. The van der Waals surface area contributed by atoms with Crippen LogP contribution < -0.4 is 5.73 Å². The molecule has 2 N–H and O–H groups in total. The lowest BCUT2D eigenvalue weighted by molar-refractivity contribution is 0.180. The molecule has 1 saturated heterocycles. The molecule has 0 atom stereocenters. The van der Waals surface area contributed by atoms with Crippen LogP contribution in [0.5, 0.6) is 0 Å². The summed E-state index contributed by atoms with van der Waals surface area (Å²) in [5.41, 5.74) is 6.78. The van der Waals surface area contributed by atoms with Gasteiger partial charge in [-0.15, -0.1) is 11.3 Å². The largest absolute Gasteiger partial charge is 0.378 e. The fourth-order valence-electron chi connectivity index (χ4n) is 2.49. The van der Waals surface area contributed by atoms with E-state index in [1.165, 1.54) is 35.8 Å². The first-order valence-electron chi connectivity index (χ1n) is 7.11. The molecule has 19 heavy (non-hydrogen) atoms. The van der Waals surface area contributed by atoms with Gasteiger partial charge in [0.1, 0.15) is 0 Å². The van der Waals surface area contributed by atoms with Gasteiger partial charge in [-0.3, -0.25) is 0 Å². The molecule has 0 aromatic carbocycles. The van der Waals surface area contributed by atoms with Crippen LogP contribution in [0.25, 0.3) is 0 Å². The first-order valence-corrected chi connectivity index (χ1v) is 7.93. The number of rotatable bonds is 6. The second kappa shape index (κ2) is 7.33. The Morgan fingerprint density at radius 1 is 1.42 bits per heavy atom. The van der Waals surface area contributed by atoms with Crippen LogP contribution in [0.15, 0.2) is 0 Å². The number of thiazole rings is 1. The van der Waals surface area contributed by atoms with Crippen molar-refractivity contribution < 1.29 is 4.74 Å². The van der Waals surface area contributed by atoms with Crippen LogP contribution in [0.3, 0.4) is 0 Å². The Bertz CT molecular complexity index is 386. The maximum absolute atomic E-state index is 5.75. The second-order valence-corrected chi connectivity index (χ2v) is 6.56. The molecule has 0 saturated carbocycles. The normalized spacial score (nSPS) is 18.1. The highest BCUT2D eigenvalue weighted by Gasteiger charge is 2.16. The summed E-state index contributed by atoms with van der Waals surface area (Å²) < 4.78 is 5.17. The minimum atomic E-state index is 0.567. The summed E-state index contributed by atoms with van der Waals surface area (Å²) >= 11 is 1.75. The van der Waals surface area contributed by atoms with Crippen LogP contribution in [0.1, 0.15) is 35.3 Å². The zero-order valence-corrected chi connectivity index (χ0v) is 12.8. The van der Waals surface area contributed by atoms with Gasteiger partial charge in [0.15, 0.2) is 0 Å². The van der Waals surface area contributed by atoms with E-state index in [1.807, 2.05) is 0 Å². The number of nitrogens with zero attached hydrogens (tertiary/aromatic N) is 2. The molecule has 5 heteroatoms. The van der Waals surface area contributed by atoms with Crippen LogP contribution in [0, 0.1) is 5.92 Å². The minimum absolute atomic E-state index is 0.567. The molecule has 1 fully saturated rings. The van der Waals surface area contributed by atoms with Crippen molar-refractivity contribution in [1.82, 2.24) is 9.88 Å². The van der Waals surface area contributed by atoms with Crippen molar-refractivity contribution in [2.24, 2.45) is 11.7 Å². The lowest BCUT2D eigenvalue weighted by atomic mass is 9.99. The van der Waals surface area contributed by atoms with E-state index in [4.69, 9.17) is 10.5 Å². The third-order valence-corrected chi connectivity index (χ3v) is 4.99. The van der Waals surface area contributed by atoms with Crippen molar-refractivity contribution in [2.45, 2.75) is 39.3 Å². The molecule has 1 aliphatic rings. The van der Waals surface area contributed by atoms with Gasteiger partial charge < -0.3 is 15.4 Å². The van der Waals surface area contributed by atoms with Crippen LogP contribution in [0.2, 0.25) is 0 Å². The molecular formula is C14H25N3OS. The highest BCUT2D eigenvalue weighted by Crippen LogP contribution is 2.21. The van der Waals surface area contributed by atoms with Crippen molar-refractivity contribution in [1.29, 1.82) is 0 Å². The first kappa shape index (κ1) is 14.9. The van der Waals surface area contributed by atoms with Gasteiger partial charge in [-0.1, -0.05) is 6.92 Å². The molecular weight excluding hydrogens is 258 g/mol. The fraction of sp³-hybridized carbons (Fsp3) is 0.786. The second-order valence-electron chi connectivity index (χ2n) is 5.39. The molecule has 0 bridgehead atoms. The van der Waals surface area contributed by atoms with E-state index in [2.05, 4.69) is 16.8 Å². The quantitative estimate of drug-likeness (QED) is 0.868. The SMILES string of the molecule is COCc1nc(CCN2CCC(C)CC2)sc1CN. The zero-order chi connectivity index (χ0) is 13.7. The highest BCUT2D eigenvalue weighted by molar-refractivity contribution is 7.11. The van der Waals surface area contributed by atoms with E-state index in [0.29, 0.717) is 13.2 Å². The molecule has 1 aliphatic heterocycles. The predicted molar refractivity (Wildman–Crippen MR) is 79.3 cm³/mol. The third kappa shape index (κ3) is 4.24. The van der Waals surface area contributed by atoms with E-state index < -0.39 is 0 Å². The standard InChI is InChI=1S/C14H25N3OS/c1-11-3-6-17(7-4-11)8-5-14-16-12(10-18-2)13(9-15)19-14/h11H,3-10,15H2,1-2H3. The molecule has 108 valence electrons. The Kier molecular flexibility index (Phi) is 5.76. The maximum atomic E-state index is 5.75. The molecule has 0 radical (unpaired) electrons. The predicted octanol–water partition coefficient (Wildman–Crippen LogP) is 2.02. The molecule has 0 aliphatic carbocycles. The minimum Gasteiger partial charge on any atom is -0.378 e. The van der Waals surface area contributed by atoms with Gasteiger partial charge in [-0.05, 0) is 31.8 Å². The lowest BCUT2D eigenvalue weighted by Gasteiger charge is -2.29. The highest BCUT2D eigenvalue weighted by atomic mass is 32.1. The number of hydrogen-bond acceptors (Lipinski definition) is 5. The van der Waals surface area contributed by atoms with Gasteiger partial charge in [-0.2, -0.15) is 0 Å². The van der Waals surface area contributed by atoms with Crippen molar-refractivity contribution >= 4 is 11.3 Å². The van der Waals surface area contributed by atoms with E-state index in [1.54, 1.807) is 18.4 Å². The Hall–Kier alpha value is -0.490. The van der Waals surface area contributed by atoms with Crippen LogP contribution in [-0.2, 0) is 24.3 Å². The number of hydrogen-bond donors (Lipinski definition) is 1. The number of ether oxygens (including phenoxy) is 1. The van der Waals surface area contributed by atoms with Gasteiger partial charge in [0.2, 0.25) is 0 Å². The molecule has 1 aromatic heterocycles. The van der Waals surface area contributed by atoms with E-state index in [-0.39, 0.29) is 0 Å². The van der Waals surface area contributed by atoms with Crippen molar-refractivity contribution in [3.63, 3.8) is 0 Å². The Morgan fingerprint density at radius 3 is 2.79 bits per heavy atom. The summed E-state index contributed by atoms with van der Waals surface area (Å²) in [6.45, 7) is 7.09. The number of aromatic nitrogens is 1. The van der Waals surface area contributed by atoms with Gasteiger partial charge in [0.05, 0.1) is 17.3 Å².